The largest absolute Gasteiger partial charge is 0.456 e. The Bertz CT molecular complexity index is 399. The third-order valence-corrected chi connectivity index (χ3v) is 2.43. The lowest BCUT2D eigenvalue weighted by Crippen LogP contribution is -2.24. The van der Waals surface area contributed by atoms with Crippen molar-refractivity contribution in [2.45, 2.75) is 33.3 Å². The predicted molar refractivity (Wildman–Crippen MR) is 65.8 cm³/mol. The molecule has 0 spiro atoms. The first-order valence-corrected chi connectivity index (χ1v) is 5.37. The van der Waals surface area contributed by atoms with Crippen molar-refractivity contribution in [2.75, 3.05) is 5.73 Å². The average molecular weight is 242 g/mol. The van der Waals surface area contributed by atoms with Gasteiger partial charge in [0, 0.05) is 0 Å². The van der Waals surface area contributed by atoms with Crippen LogP contribution in [0, 0.1) is 6.92 Å². The molecule has 0 saturated carbocycles. The summed E-state index contributed by atoms with van der Waals surface area (Å²) in [4.78, 5) is 11.8. The molecule has 0 aliphatic rings. The second-order valence-corrected chi connectivity index (χ2v) is 5.08. The molecule has 0 atom stereocenters. The Morgan fingerprint density at radius 2 is 1.94 bits per heavy atom. The Hall–Kier alpha value is -1.22. The van der Waals surface area contributed by atoms with Crippen LogP contribution in [0.25, 0.3) is 0 Å². The summed E-state index contributed by atoms with van der Waals surface area (Å²) in [5.74, 6) is -0.390. The summed E-state index contributed by atoms with van der Waals surface area (Å²) in [6, 6.07) is 3.20. The smallest absolute Gasteiger partial charge is 0.338 e. The topological polar surface area (TPSA) is 52.3 Å². The van der Waals surface area contributed by atoms with Crippen LogP contribution in [0.3, 0.4) is 0 Å². The number of rotatable bonds is 1. The summed E-state index contributed by atoms with van der Waals surface area (Å²) in [5, 5.41) is 0.479. The highest BCUT2D eigenvalue weighted by atomic mass is 35.5. The van der Waals surface area contributed by atoms with E-state index in [9.17, 15) is 4.79 Å². The van der Waals surface area contributed by atoms with E-state index in [0.717, 1.165) is 5.56 Å². The van der Waals surface area contributed by atoms with Gasteiger partial charge in [-0.1, -0.05) is 11.6 Å². The molecule has 0 unspecified atom stereocenters. The van der Waals surface area contributed by atoms with Gasteiger partial charge in [0.15, 0.2) is 0 Å². The molecule has 2 N–H and O–H groups in total. The standard InChI is InChI=1S/C12H16ClNO2/c1-7-5-8(6-9(14)10(7)13)11(15)16-12(2,3)4/h5-6H,14H2,1-4H3. The molecule has 16 heavy (non-hydrogen) atoms. The van der Waals surface area contributed by atoms with Crippen LogP contribution in [0.4, 0.5) is 5.69 Å². The van der Waals surface area contributed by atoms with Gasteiger partial charge in [-0.25, -0.2) is 4.79 Å². The van der Waals surface area contributed by atoms with Crippen molar-refractivity contribution in [3.63, 3.8) is 0 Å². The number of ether oxygens (including phenoxy) is 1. The maximum atomic E-state index is 11.8. The van der Waals surface area contributed by atoms with Gasteiger partial charge in [-0.2, -0.15) is 0 Å². The fraction of sp³-hybridized carbons (Fsp3) is 0.417. The Morgan fingerprint density at radius 3 is 2.38 bits per heavy atom. The number of halogens is 1. The van der Waals surface area contributed by atoms with E-state index < -0.39 is 5.60 Å². The summed E-state index contributed by atoms with van der Waals surface area (Å²) < 4.78 is 5.24. The van der Waals surface area contributed by atoms with E-state index in [1.807, 2.05) is 20.8 Å². The highest BCUT2D eigenvalue weighted by Crippen LogP contribution is 2.25. The number of hydrogen-bond donors (Lipinski definition) is 1. The van der Waals surface area contributed by atoms with Crippen molar-refractivity contribution in [2.24, 2.45) is 0 Å². The zero-order valence-corrected chi connectivity index (χ0v) is 10.7. The zero-order valence-electron chi connectivity index (χ0n) is 9.93. The van der Waals surface area contributed by atoms with Crippen molar-refractivity contribution < 1.29 is 9.53 Å². The number of anilines is 1. The number of carbonyl (C=O) groups excluding carboxylic acids is 1. The molecular weight excluding hydrogens is 226 g/mol. The quantitative estimate of drug-likeness (QED) is 0.607. The first-order valence-electron chi connectivity index (χ1n) is 4.99. The van der Waals surface area contributed by atoms with Gasteiger partial charge in [0.05, 0.1) is 16.3 Å². The van der Waals surface area contributed by atoms with Gasteiger partial charge in [-0.15, -0.1) is 0 Å². The molecule has 0 bridgehead atoms. The molecule has 0 heterocycles. The van der Waals surface area contributed by atoms with E-state index in [1.54, 1.807) is 13.0 Å². The van der Waals surface area contributed by atoms with Crippen molar-refractivity contribution in [1.82, 2.24) is 0 Å². The molecule has 0 aliphatic heterocycles. The SMILES string of the molecule is Cc1cc(C(=O)OC(C)(C)C)cc(N)c1Cl. The Labute approximate surface area is 101 Å². The summed E-state index contributed by atoms with van der Waals surface area (Å²) in [5.41, 5.74) is 6.75. The molecule has 1 aromatic rings. The van der Waals surface area contributed by atoms with Crippen LogP contribution >= 0.6 is 11.6 Å². The molecule has 0 aliphatic carbocycles. The number of hydrogen-bond acceptors (Lipinski definition) is 3. The van der Waals surface area contributed by atoms with Gasteiger partial charge in [0.2, 0.25) is 0 Å². The first-order chi connectivity index (χ1) is 7.20. The van der Waals surface area contributed by atoms with E-state index in [-0.39, 0.29) is 5.97 Å². The lowest BCUT2D eigenvalue weighted by Gasteiger charge is -2.19. The van der Waals surface area contributed by atoms with E-state index in [0.29, 0.717) is 16.3 Å². The van der Waals surface area contributed by atoms with E-state index >= 15 is 0 Å². The summed E-state index contributed by atoms with van der Waals surface area (Å²) in [6.07, 6.45) is 0. The molecule has 0 fully saturated rings. The van der Waals surface area contributed by atoms with Crippen LogP contribution in [0.5, 0.6) is 0 Å². The van der Waals surface area contributed by atoms with Gasteiger partial charge in [-0.3, -0.25) is 0 Å². The first kappa shape index (κ1) is 12.8. The summed E-state index contributed by atoms with van der Waals surface area (Å²) in [7, 11) is 0. The molecule has 3 nitrogen and oxygen atoms in total. The maximum Gasteiger partial charge on any atom is 0.338 e. The van der Waals surface area contributed by atoms with Gasteiger partial charge >= 0.3 is 5.97 Å². The number of carbonyl (C=O) groups is 1. The van der Waals surface area contributed by atoms with Gasteiger partial charge in [-0.05, 0) is 45.4 Å². The fourth-order valence-corrected chi connectivity index (χ4v) is 1.36. The zero-order chi connectivity index (χ0) is 12.5. The minimum Gasteiger partial charge on any atom is -0.456 e. The molecule has 1 aromatic carbocycles. The maximum absolute atomic E-state index is 11.8. The van der Waals surface area contributed by atoms with E-state index in [1.165, 1.54) is 6.07 Å². The monoisotopic (exact) mass is 241 g/mol. The second-order valence-electron chi connectivity index (χ2n) is 4.70. The van der Waals surface area contributed by atoms with Crippen LogP contribution in [-0.4, -0.2) is 11.6 Å². The van der Waals surface area contributed by atoms with Crippen molar-refractivity contribution in [3.8, 4) is 0 Å². The summed E-state index contributed by atoms with van der Waals surface area (Å²) in [6.45, 7) is 7.25. The van der Waals surface area contributed by atoms with Crippen LogP contribution < -0.4 is 5.73 Å². The fourth-order valence-electron chi connectivity index (χ4n) is 1.25. The van der Waals surface area contributed by atoms with Gasteiger partial charge in [0.25, 0.3) is 0 Å². The lowest BCUT2D eigenvalue weighted by molar-refractivity contribution is 0.00695. The lowest BCUT2D eigenvalue weighted by atomic mass is 10.1. The van der Waals surface area contributed by atoms with Crippen molar-refractivity contribution in [3.05, 3.63) is 28.3 Å². The number of nitrogen functional groups attached to an aromatic ring is 1. The molecule has 88 valence electrons. The Kier molecular flexibility index (Phi) is 3.48. The third kappa shape index (κ3) is 3.14. The van der Waals surface area contributed by atoms with Gasteiger partial charge in [0.1, 0.15) is 5.60 Å². The molecule has 4 heteroatoms. The minimum absolute atomic E-state index is 0.390. The molecular formula is C12H16ClNO2. The van der Waals surface area contributed by atoms with Crippen LogP contribution in [0.2, 0.25) is 5.02 Å². The van der Waals surface area contributed by atoms with E-state index in [2.05, 4.69) is 0 Å². The highest BCUT2D eigenvalue weighted by molar-refractivity contribution is 6.34. The number of nitrogens with two attached hydrogens (primary N) is 1. The van der Waals surface area contributed by atoms with Crippen molar-refractivity contribution in [1.29, 1.82) is 0 Å². The van der Waals surface area contributed by atoms with Crippen molar-refractivity contribution >= 4 is 23.3 Å². The number of aryl methyl sites for hydroxylation is 1. The Balaban J connectivity index is 3.02. The Morgan fingerprint density at radius 1 is 1.38 bits per heavy atom. The average Bonchev–Trinajstić information content (AvgIpc) is 2.10. The second kappa shape index (κ2) is 4.34. The molecule has 0 aromatic heterocycles. The third-order valence-electron chi connectivity index (χ3n) is 1.92. The molecule has 0 radical (unpaired) electrons. The van der Waals surface area contributed by atoms with Gasteiger partial charge < -0.3 is 10.5 Å². The van der Waals surface area contributed by atoms with E-state index in [4.69, 9.17) is 22.1 Å². The molecule has 0 saturated heterocycles. The highest BCUT2D eigenvalue weighted by Gasteiger charge is 2.19. The minimum atomic E-state index is -0.514. The predicted octanol–water partition coefficient (Wildman–Crippen LogP) is 3.19. The number of esters is 1. The number of benzene rings is 1. The molecule has 0 amide bonds. The van der Waals surface area contributed by atoms with Crippen LogP contribution in [0.15, 0.2) is 12.1 Å². The summed E-state index contributed by atoms with van der Waals surface area (Å²) >= 11 is 5.91. The molecule has 1 rings (SSSR count). The van der Waals surface area contributed by atoms with Crippen LogP contribution in [0.1, 0.15) is 36.7 Å². The van der Waals surface area contributed by atoms with Crippen LogP contribution in [-0.2, 0) is 4.74 Å². The normalized spacial score (nSPS) is 11.3.